The van der Waals surface area contributed by atoms with Crippen molar-refractivity contribution < 1.29 is 13.5 Å². The number of hydrogen-bond acceptors (Lipinski definition) is 7. The number of nitrogens with zero attached hydrogens (tertiary/aromatic N) is 5. The number of benzene rings is 1. The Morgan fingerprint density at radius 1 is 1.12 bits per heavy atom. The highest BCUT2D eigenvalue weighted by atomic mass is 32.2. The maximum atomic E-state index is 13.0. The molecule has 1 N–H and O–H groups in total. The summed E-state index contributed by atoms with van der Waals surface area (Å²) in [6.07, 6.45) is 5.29. The average Bonchev–Trinajstić information content (AvgIpc) is 3.54. The molecule has 4 aromatic rings. The molecule has 3 aromatic heterocycles. The first kappa shape index (κ1) is 20.5. The highest BCUT2D eigenvalue weighted by Crippen LogP contribution is 2.38. The molecule has 5 rings (SSSR count). The highest BCUT2D eigenvalue weighted by molar-refractivity contribution is 7.91. The third kappa shape index (κ3) is 3.82. The second-order valence-electron chi connectivity index (χ2n) is 7.83. The third-order valence-corrected chi connectivity index (χ3v) is 7.13. The highest BCUT2D eigenvalue weighted by Gasteiger charge is 2.25. The zero-order valence-electron chi connectivity index (χ0n) is 17.1. The van der Waals surface area contributed by atoms with Gasteiger partial charge in [0.15, 0.2) is 5.03 Å². The number of sulfone groups is 1. The van der Waals surface area contributed by atoms with E-state index in [0.717, 1.165) is 24.2 Å². The quantitative estimate of drug-likeness (QED) is 0.454. The summed E-state index contributed by atoms with van der Waals surface area (Å²) in [5.41, 5.74) is 1.51. The smallest absolute Gasteiger partial charge is 0.274 e. The number of hydrogen-bond donors (Lipinski definition) is 1. The summed E-state index contributed by atoms with van der Waals surface area (Å²) in [6, 6.07) is 11.5. The molecule has 0 saturated heterocycles. The molecule has 0 amide bonds. The number of aromatic nitrogens is 5. The van der Waals surface area contributed by atoms with Gasteiger partial charge in [0.25, 0.3) is 5.56 Å². The molecule has 1 fully saturated rings. The van der Waals surface area contributed by atoms with Crippen molar-refractivity contribution in [2.75, 3.05) is 6.61 Å². The van der Waals surface area contributed by atoms with E-state index >= 15 is 0 Å². The normalized spacial score (nSPS) is 14.2. The molecular formula is C22H21N5O4S. The lowest BCUT2D eigenvalue weighted by Crippen LogP contribution is -2.24. The van der Waals surface area contributed by atoms with E-state index in [1.807, 2.05) is 18.2 Å². The summed E-state index contributed by atoms with van der Waals surface area (Å²) in [4.78, 5) is 17.6. The Bertz CT molecular complexity index is 1470. The van der Waals surface area contributed by atoms with Crippen molar-refractivity contribution in [3.05, 3.63) is 76.6 Å². The lowest BCUT2D eigenvalue weighted by molar-refractivity contribution is 0.268. The zero-order valence-corrected chi connectivity index (χ0v) is 17.9. The van der Waals surface area contributed by atoms with E-state index in [-0.39, 0.29) is 35.2 Å². The Morgan fingerprint density at radius 3 is 2.75 bits per heavy atom. The fraction of sp³-hybridized carbons (Fsp3) is 0.273. The minimum atomic E-state index is -3.87. The van der Waals surface area contributed by atoms with Crippen molar-refractivity contribution in [3.63, 3.8) is 0 Å². The fourth-order valence-corrected chi connectivity index (χ4v) is 4.85. The molecule has 1 aliphatic carbocycles. The topological polar surface area (TPSA) is 120 Å². The van der Waals surface area contributed by atoms with E-state index in [9.17, 15) is 13.2 Å². The van der Waals surface area contributed by atoms with Crippen molar-refractivity contribution in [1.82, 2.24) is 24.5 Å². The van der Waals surface area contributed by atoms with E-state index in [0.29, 0.717) is 16.7 Å². The third-order valence-electron chi connectivity index (χ3n) is 5.49. The van der Waals surface area contributed by atoms with Gasteiger partial charge >= 0.3 is 0 Å². The molecule has 164 valence electrons. The summed E-state index contributed by atoms with van der Waals surface area (Å²) in [5.74, 6) is 0.520. The predicted molar refractivity (Wildman–Crippen MR) is 116 cm³/mol. The number of aliphatic hydroxyl groups is 1. The van der Waals surface area contributed by atoms with Crippen LogP contribution in [0.1, 0.15) is 30.1 Å². The van der Waals surface area contributed by atoms with Crippen LogP contribution in [0, 0.1) is 0 Å². The van der Waals surface area contributed by atoms with Gasteiger partial charge in [-0.05, 0) is 49.2 Å². The van der Waals surface area contributed by atoms with Crippen LogP contribution in [0.15, 0.2) is 69.6 Å². The van der Waals surface area contributed by atoms with Crippen LogP contribution < -0.4 is 5.56 Å². The van der Waals surface area contributed by atoms with Gasteiger partial charge in [0.1, 0.15) is 0 Å². The number of aliphatic hydroxyl groups excluding tert-OH is 1. The van der Waals surface area contributed by atoms with E-state index in [1.165, 1.54) is 46.0 Å². The van der Waals surface area contributed by atoms with Crippen molar-refractivity contribution >= 4 is 20.6 Å². The monoisotopic (exact) mass is 451 g/mol. The van der Waals surface area contributed by atoms with Crippen LogP contribution in [-0.2, 0) is 22.9 Å². The lowest BCUT2D eigenvalue weighted by Gasteiger charge is -2.08. The Morgan fingerprint density at radius 2 is 1.97 bits per heavy atom. The fourth-order valence-electron chi connectivity index (χ4n) is 3.63. The average molecular weight is 452 g/mol. The number of pyridine rings is 1. The molecule has 0 unspecified atom stereocenters. The van der Waals surface area contributed by atoms with Crippen molar-refractivity contribution in [2.24, 2.45) is 0 Å². The Kier molecular flexibility index (Phi) is 5.10. The molecule has 9 nitrogen and oxygen atoms in total. The molecule has 1 aliphatic rings. The van der Waals surface area contributed by atoms with Crippen LogP contribution in [0.5, 0.6) is 0 Å². The molecule has 0 spiro atoms. The minimum absolute atomic E-state index is 0.0250. The van der Waals surface area contributed by atoms with Gasteiger partial charge < -0.3 is 5.11 Å². The lowest BCUT2D eigenvalue weighted by atomic mass is 10.2. The summed E-state index contributed by atoms with van der Waals surface area (Å²) < 4.78 is 28.6. The zero-order chi connectivity index (χ0) is 22.3. The van der Waals surface area contributed by atoms with Gasteiger partial charge in [0, 0.05) is 23.2 Å². The maximum Gasteiger partial charge on any atom is 0.274 e. The first-order valence-corrected chi connectivity index (χ1v) is 11.8. The van der Waals surface area contributed by atoms with E-state index < -0.39 is 9.84 Å². The van der Waals surface area contributed by atoms with Crippen LogP contribution in [0.2, 0.25) is 0 Å². The molecule has 0 aliphatic heterocycles. The Hall–Kier alpha value is -3.37. The van der Waals surface area contributed by atoms with Crippen LogP contribution in [0.3, 0.4) is 0 Å². The van der Waals surface area contributed by atoms with Crippen LogP contribution in [0.25, 0.3) is 10.8 Å². The molecular weight excluding hydrogens is 430 g/mol. The first-order chi connectivity index (χ1) is 15.5. The Labute approximate surface area is 183 Å². The molecule has 1 aromatic carbocycles. The number of fused-ring (bicyclic) bond motifs is 1. The first-order valence-electron chi connectivity index (χ1n) is 10.3. The van der Waals surface area contributed by atoms with Crippen LogP contribution in [-0.4, -0.2) is 44.7 Å². The van der Waals surface area contributed by atoms with E-state index in [4.69, 9.17) is 5.11 Å². The molecule has 10 heteroatoms. The molecule has 0 atom stereocenters. The van der Waals surface area contributed by atoms with Gasteiger partial charge in [-0.25, -0.2) is 13.1 Å². The van der Waals surface area contributed by atoms with Gasteiger partial charge in [0.05, 0.1) is 41.9 Å². The van der Waals surface area contributed by atoms with Crippen LogP contribution in [0.4, 0.5) is 0 Å². The van der Waals surface area contributed by atoms with E-state index in [2.05, 4.69) is 15.2 Å². The summed E-state index contributed by atoms with van der Waals surface area (Å²) in [6.45, 7) is 0.308. The molecule has 0 radical (unpaired) electrons. The second kappa shape index (κ2) is 7.95. The summed E-state index contributed by atoms with van der Waals surface area (Å²) in [7, 11) is -3.87. The second-order valence-corrected chi connectivity index (χ2v) is 9.73. The van der Waals surface area contributed by atoms with E-state index in [1.54, 1.807) is 0 Å². The largest absolute Gasteiger partial charge is 0.394 e. The molecule has 0 bridgehead atoms. The molecule has 32 heavy (non-hydrogen) atoms. The number of rotatable bonds is 7. The van der Waals surface area contributed by atoms with Gasteiger partial charge in [-0.3, -0.25) is 14.5 Å². The Balaban J connectivity index is 1.46. The van der Waals surface area contributed by atoms with Crippen molar-refractivity contribution in [1.29, 1.82) is 0 Å². The van der Waals surface area contributed by atoms with Gasteiger partial charge in [0.2, 0.25) is 9.84 Å². The van der Waals surface area contributed by atoms with Gasteiger partial charge in [-0.2, -0.15) is 10.2 Å². The SMILES string of the molecule is O=c1c2ccc(S(=O)(=O)c3ccn(CCO)n3)cc2cnn1Cc1cccc(C2CC2)n1. The van der Waals surface area contributed by atoms with Crippen molar-refractivity contribution in [3.8, 4) is 0 Å². The summed E-state index contributed by atoms with van der Waals surface area (Å²) in [5, 5.41) is 17.9. The standard InChI is InChI=1S/C22H21N5O4S/c28-11-10-26-9-8-21(25-26)32(30,31)18-6-7-19-16(12-18)13-23-27(22(19)29)14-17-2-1-3-20(24-17)15-4-5-15/h1-3,6-9,12-13,15,28H,4-5,10-11,14H2. The van der Waals surface area contributed by atoms with Gasteiger partial charge in [-0.15, -0.1) is 0 Å². The molecule has 1 saturated carbocycles. The maximum absolute atomic E-state index is 13.0. The predicted octanol–water partition coefficient (Wildman–Crippen LogP) is 1.74. The minimum Gasteiger partial charge on any atom is -0.394 e. The molecule has 3 heterocycles. The summed E-state index contributed by atoms with van der Waals surface area (Å²) >= 11 is 0. The van der Waals surface area contributed by atoms with Gasteiger partial charge in [-0.1, -0.05) is 6.07 Å². The van der Waals surface area contributed by atoms with Crippen molar-refractivity contribution in [2.45, 2.75) is 41.8 Å². The van der Waals surface area contributed by atoms with Crippen LogP contribution >= 0.6 is 0 Å².